The Hall–Kier alpha value is -2.92. The van der Waals surface area contributed by atoms with Gasteiger partial charge in [-0.2, -0.15) is 10.2 Å². The molecule has 2 aliphatic heterocycles. The average Bonchev–Trinajstić information content (AvgIpc) is 3.32. The summed E-state index contributed by atoms with van der Waals surface area (Å²) >= 11 is 8.26. The van der Waals surface area contributed by atoms with E-state index in [0.29, 0.717) is 33.0 Å². The van der Waals surface area contributed by atoms with Crippen LogP contribution in [0.25, 0.3) is 0 Å². The van der Waals surface area contributed by atoms with E-state index in [9.17, 15) is 10.2 Å². The molecular weight excluding hydrogens is 579 g/mol. The molecule has 0 spiro atoms. The van der Waals surface area contributed by atoms with Gasteiger partial charge in [0.2, 0.25) is 24.4 Å². The Morgan fingerprint density at radius 3 is 1.49 bits per heavy atom. The molecule has 4 rings (SSSR count). The van der Waals surface area contributed by atoms with Crippen LogP contribution in [0, 0.1) is 0 Å². The topological polar surface area (TPSA) is 144 Å². The first-order valence-electron chi connectivity index (χ1n) is 10.4. The minimum absolute atomic E-state index is 0. The van der Waals surface area contributed by atoms with Crippen LogP contribution in [0.4, 0.5) is 11.4 Å². The molecule has 0 atom stereocenters. The third-order valence-electron chi connectivity index (χ3n) is 4.40. The van der Waals surface area contributed by atoms with E-state index in [1.54, 1.807) is 12.1 Å². The monoisotopic (exact) mass is 602 g/mol. The third-order valence-corrected chi connectivity index (χ3v) is 4.92. The van der Waals surface area contributed by atoms with E-state index < -0.39 is 0 Å². The summed E-state index contributed by atoms with van der Waals surface area (Å²) in [6, 6.07) is 14.6. The van der Waals surface area contributed by atoms with Crippen molar-refractivity contribution < 1.29 is 30.6 Å². The molecule has 0 radical (unpaired) electrons. The van der Waals surface area contributed by atoms with Gasteiger partial charge in [-0.15, -0.1) is 0 Å². The molecule has 2 aromatic rings. The number of hydrazone groups is 2. The maximum Gasteiger partial charge on any atom is 0.359 e. The normalized spacial score (nSPS) is 15.1. The number of hydrogen-bond donors (Lipinski definition) is 4. The van der Waals surface area contributed by atoms with Crippen LogP contribution in [0.3, 0.4) is 0 Å². The van der Waals surface area contributed by atoms with Crippen molar-refractivity contribution in [3.8, 4) is 0 Å². The molecule has 2 heterocycles. The molecule has 0 saturated carbocycles. The van der Waals surface area contributed by atoms with Crippen LogP contribution in [-0.2, 0) is 44.9 Å². The van der Waals surface area contributed by atoms with Crippen molar-refractivity contribution in [2.75, 3.05) is 13.1 Å². The van der Waals surface area contributed by atoms with E-state index in [4.69, 9.17) is 0 Å². The number of aliphatic imine (C=N–C) groups is 2. The molecule has 0 aliphatic carbocycles. The molecule has 2 aliphatic rings. The first kappa shape index (κ1) is 28.3. The van der Waals surface area contributed by atoms with Crippen LogP contribution < -0.4 is 31.7 Å². The standard InChI is InChI=1S/2C11H12N4OS.Pd/c2*1-2-12-11(17)15-14-9-7-5-3-4-6-8(7)13-10(9)16;/h2*3-6H,2H2,1H3,(H2,12,15,17)(H,13,14,16);. The Labute approximate surface area is 227 Å². The Bertz CT molecular complexity index is 1120. The van der Waals surface area contributed by atoms with Crippen LogP contribution in [0.5, 0.6) is 0 Å². The van der Waals surface area contributed by atoms with Crippen molar-refractivity contribution >= 4 is 69.3 Å². The first-order valence-corrected chi connectivity index (χ1v) is 11.3. The number of fused-ring (bicyclic) bond motifs is 2. The molecule has 186 valence electrons. The van der Waals surface area contributed by atoms with Crippen molar-refractivity contribution in [3.63, 3.8) is 0 Å². The molecule has 0 aromatic heterocycles. The fourth-order valence-corrected chi connectivity index (χ4v) is 3.36. The van der Waals surface area contributed by atoms with Gasteiger partial charge in [0.1, 0.15) is 11.4 Å². The molecule has 2 aromatic carbocycles. The Balaban J connectivity index is 0.000000240. The summed E-state index contributed by atoms with van der Waals surface area (Å²) in [6.45, 7) is 5.34. The summed E-state index contributed by atoms with van der Waals surface area (Å²) in [5, 5.41) is 38.1. The van der Waals surface area contributed by atoms with Gasteiger partial charge in [-0.25, -0.2) is 21.5 Å². The summed E-state index contributed by atoms with van der Waals surface area (Å²) in [6.07, 6.45) is 0. The molecule has 0 unspecified atom stereocenters. The molecule has 10 nitrogen and oxygen atoms in total. The largest absolute Gasteiger partial charge is 0.857 e. The van der Waals surface area contributed by atoms with E-state index in [2.05, 4.69) is 66.1 Å². The second-order valence-electron chi connectivity index (χ2n) is 6.77. The van der Waals surface area contributed by atoms with Crippen molar-refractivity contribution in [2.24, 2.45) is 20.2 Å². The summed E-state index contributed by atoms with van der Waals surface area (Å²) < 4.78 is 0. The Morgan fingerprint density at radius 1 is 0.743 bits per heavy atom. The molecule has 13 heteroatoms. The van der Waals surface area contributed by atoms with E-state index >= 15 is 0 Å². The van der Waals surface area contributed by atoms with Gasteiger partial charge in [-0.05, 0) is 12.1 Å². The van der Waals surface area contributed by atoms with Gasteiger partial charge in [-0.1, -0.05) is 50.2 Å². The Morgan fingerprint density at radius 2 is 1.11 bits per heavy atom. The van der Waals surface area contributed by atoms with Crippen LogP contribution in [0.1, 0.15) is 25.0 Å². The zero-order valence-electron chi connectivity index (χ0n) is 18.8. The van der Waals surface area contributed by atoms with Crippen molar-refractivity contribution in [3.05, 3.63) is 59.7 Å². The van der Waals surface area contributed by atoms with Crippen LogP contribution in [0.15, 0.2) is 68.7 Å². The van der Waals surface area contributed by atoms with Gasteiger partial charge in [0.05, 0.1) is 11.4 Å². The van der Waals surface area contributed by atoms with E-state index in [1.807, 2.05) is 50.2 Å². The number of hydrogen-bond acceptors (Lipinski definition) is 6. The van der Waals surface area contributed by atoms with Crippen LogP contribution >= 0.6 is 0 Å². The molecular formula is C22H24N8O2PdS2. The van der Waals surface area contributed by atoms with Gasteiger partial charge in [0.25, 0.3) is 0 Å². The van der Waals surface area contributed by atoms with Gasteiger partial charge < -0.3 is 10.2 Å². The average molecular weight is 603 g/mol. The predicted molar refractivity (Wildman–Crippen MR) is 141 cm³/mol. The molecule has 0 fully saturated rings. The van der Waals surface area contributed by atoms with E-state index in [1.165, 1.54) is 0 Å². The van der Waals surface area contributed by atoms with E-state index in [-0.39, 0.29) is 32.2 Å². The molecule has 0 bridgehead atoms. The number of para-hydroxylation sites is 2. The number of benzene rings is 2. The summed E-state index contributed by atoms with van der Waals surface area (Å²) in [7, 11) is 0. The van der Waals surface area contributed by atoms with Gasteiger partial charge in [0.15, 0.2) is 0 Å². The summed E-state index contributed by atoms with van der Waals surface area (Å²) in [5.41, 5.74) is 8.75. The van der Waals surface area contributed by atoms with Gasteiger partial charge >= 0.3 is 10.2 Å². The minimum Gasteiger partial charge on any atom is -0.857 e. The number of rotatable bonds is 4. The molecule has 0 amide bonds. The predicted octanol–water partition coefficient (Wildman–Crippen LogP) is -1.28. The number of thiol groups is 2. The van der Waals surface area contributed by atoms with Crippen molar-refractivity contribution in [1.29, 1.82) is 0 Å². The fourth-order valence-electron chi connectivity index (χ4n) is 2.95. The second kappa shape index (κ2) is 13.8. The second-order valence-corrected chi connectivity index (χ2v) is 7.66. The third kappa shape index (κ3) is 7.53. The zero-order chi connectivity index (χ0) is 24.5. The minimum atomic E-state index is -0.337. The molecule has 35 heavy (non-hydrogen) atoms. The Kier molecular flexibility index (Phi) is 11.2. The van der Waals surface area contributed by atoms with Gasteiger partial charge in [-0.3, -0.25) is 9.98 Å². The quantitative estimate of drug-likeness (QED) is 0.113. The number of nitrogens with zero attached hydrogens (tertiary/aromatic N) is 4. The summed E-state index contributed by atoms with van der Waals surface area (Å²) in [5.74, 6) is -0.673. The summed E-state index contributed by atoms with van der Waals surface area (Å²) in [4.78, 5) is 7.79. The molecule has 4 N–H and O–H groups in total. The SMILES string of the molecule is CCNC(=[SH+])NN=C1C([O-])=Nc2ccccc21.CCNC(=[SH+])NN=C1C([O-])=Nc2ccccc21.[Pd]. The zero-order valence-corrected chi connectivity index (χ0v) is 22.2. The van der Waals surface area contributed by atoms with Crippen LogP contribution in [0.2, 0.25) is 0 Å². The van der Waals surface area contributed by atoms with Crippen molar-refractivity contribution in [2.45, 2.75) is 13.8 Å². The van der Waals surface area contributed by atoms with Crippen molar-refractivity contribution in [1.82, 2.24) is 21.5 Å². The van der Waals surface area contributed by atoms with Crippen LogP contribution in [-0.4, -0.2) is 46.5 Å². The van der Waals surface area contributed by atoms with Gasteiger partial charge in [0, 0.05) is 56.4 Å². The number of nitrogens with one attached hydrogen (secondary N) is 4. The van der Waals surface area contributed by atoms with E-state index in [0.717, 1.165) is 24.2 Å². The first-order chi connectivity index (χ1) is 16.4. The maximum atomic E-state index is 11.6. The smallest absolute Gasteiger partial charge is 0.359 e. The fraction of sp³-hybridized carbons (Fsp3) is 0.182. The maximum absolute atomic E-state index is 11.6. The molecule has 0 saturated heterocycles.